The van der Waals surface area contributed by atoms with Gasteiger partial charge in [0.05, 0.1) is 11.7 Å². The van der Waals surface area contributed by atoms with Crippen molar-refractivity contribution in [3.8, 4) is 11.1 Å². The molecule has 3 fully saturated rings. The molecule has 0 radical (unpaired) electrons. The molecule has 2 aromatic carbocycles. The van der Waals surface area contributed by atoms with Crippen LogP contribution in [0.3, 0.4) is 0 Å². The van der Waals surface area contributed by atoms with Crippen LogP contribution in [0.1, 0.15) is 145 Å². The number of piperidine rings is 1. The number of rotatable bonds is 22. The van der Waals surface area contributed by atoms with E-state index in [-0.39, 0.29) is 128 Å². The summed E-state index contributed by atoms with van der Waals surface area (Å²) in [5.41, 5.74) is 4.55. The predicted octanol–water partition coefficient (Wildman–Crippen LogP) is 4.15. The van der Waals surface area contributed by atoms with Crippen molar-refractivity contribution in [1.29, 1.82) is 0 Å². The average Bonchev–Trinajstić information content (AvgIpc) is 3.97. The summed E-state index contributed by atoms with van der Waals surface area (Å²) in [7, 11) is -2.10. The van der Waals surface area contributed by atoms with Crippen molar-refractivity contribution in [3.63, 3.8) is 0 Å². The monoisotopic (exact) mass is 1080 g/mol. The molecule has 4 aromatic rings. The van der Waals surface area contributed by atoms with Crippen LogP contribution in [0.5, 0.6) is 0 Å². The van der Waals surface area contributed by atoms with Crippen molar-refractivity contribution < 1.29 is 46.8 Å². The number of carbonyl (C=O) groups is 8. The van der Waals surface area contributed by atoms with Crippen LogP contribution in [0, 0.1) is 17.3 Å². The number of benzene rings is 2. The second-order valence-electron chi connectivity index (χ2n) is 22.3. The molecule has 4 aliphatic heterocycles. The number of aryl methyl sites for hydroxylation is 2. The molecule has 0 bridgehead atoms. The fraction of sp³-hybridized carbons (Fsp3) is 0.518. The van der Waals surface area contributed by atoms with E-state index in [4.69, 9.17) is 0 Å². The van der Waals surface area contributed by atoms with Crippen molar-refractivity contribution in [3.05, 3.63) is 86.0 Å². The third-order valence-corrected chi connectivity index (χ3v) is 16.8. The molecule has 77 heavy (non-hydrogen) atoms. The van der Waals surface area contributed by atoms with Crippen molar-refractivity contribution in [2.24, 2.45) is 24.3 Å². The number of anilines is 1. The molecular weight excluding hydrogens is 1010 g/mol. The smallest absolute Gasteiger partial charge is 0.274 e. The zero-order valence-electron chi connectivity index (χ0n) is 44.5. The maximum atomic E-state index is 14.4. The number of nitrogens with zero attached hydrogens (tertiary/aromatic N) is 4. The number of nitrogens with one attached hydrogen (secondary N) is 5. The van der Waals surface area contributed by atoms with Gasteiger partial charge in [-0.15, -0.1) is 0 Å². The minimum absolute atomic E-state index is 0.0234. The normalized spacial score (nSPS) is 18.4. The van der Waals surface area contributed by atoms with Gasteiger partial charge in [-0.3, -0.25) is 53.4 Å². The Bertz CT molecular complexity index is 3280. The van der Waals surface area contributed by atoms with E-state index >= 15 is 0 Å². The topological polar surface area (TPSA) is 266 Å². The quantitative estimate of drug-likeness (QED) is 0.0549. The molecule has 6 heterocycles. The summed E-state index contributed by atoms with van der Waals surface area (Å²) < 4.78 is 27.5. The molecule has 9 rings (SSSR count). The number of pyridine rings is 1. The number of likely N-dealkylation sites (tertiary alicyclic amines) is 1. The summed E-state index contributed by atoms with van der Waals surface area (Å²) >= 11 is 0. The van der Waals surface area contributed by atoms with Crippen LogP contribution in [0.4, 0.5) is 5.69 Å². The summed E-state index contributed by atoms with van der Waals surface area (Å²) in [4.78, 5) is 127. The van der Waals surface area contributed by atoms with Crippen LogP contribution in [-0.4, -0.2) is 120 Å². The first-order valence-corrected chi connectivity index (χ1v) is 29.0. The van der Waals surface area contributed by atoms with Crippen molar-refractivity contribution in [2.75, 3.05) is 43.9 Å². The maximum absolute atomic E-state index is 14.4. The molecular formula is C56H69N9O11S. The van der Waals surface area contributed by atoms with Gasteiger partial charge in [-0.25, -0.2) is 8.42 Å². The molecule has 2 unspecified atom stereocenters. The van der Waals surface area contributed by atoms with E-state index in [1.54, 1.807) is 37.5 Å². The molecule has 2 aromatic heterocycles. The van der Waals surface area contributed by atoms with Crippen LogP contribution < -0.4 is 31.7 Å². The van der Waals surface area contributed by atoms with E-state index in [0.717, 1.165) is 55.9 Å². The van der Waals surface area contributed by atoms with Crippen molar-refractivity contribution in [2.45, 2.75) is 123 Å². The molecule has 410 valence electrons. The standard InChI is InChI=1S/C56H69N9O11S/c1-6-7-8-19-56(2,3)41-26-46(68)64(54(41)73)23-18-44(66)57-21-22-59-52(71)48-40-29-63(27-32-14-15-32)43-25-36(34(31-77(5,75)76)24-37(43)39-28-62(4)55(74)49(61-48)47(39)40)50(69)58-20-10-12-33-11-9-13-35-38(33)30-65(53(35)72)42-16-17-45(67)60-51(42)70/h9,11,13,24-25,28,32,41-42,61H,6-8,10,12,14-23,26-27,29-31H2,1-5H3,(H,57,66)(H,58,69)(H,59,71)(H,60,67,70). The lowest BCUT2D eigenvalue weighted by Crippen LogP contribution is -2.52. The molecule has 0 spiro atoms. The van der Waals surface area contributed by atoms with Gasteiger partial charge in [-0.2, -0.15) is 0 Å². The first-order valence-electron chi connectivity index (χ1n) is 26.9. The highest BCUT2D eigenvalue weighted by Gasteiger charge is 2.46. The minimum atomic E-state index is -3.69. The van der Waals surface area contributed by atoms with Crippen molar-refractivity contribution >= 4 is 73.7 Å². The molecule has 2 saturated heterocycles. The fourth-order valence-corrected chi connectivity index (χ4v) is 12.4. The number of aromatic amines is 1. The maximum Gasteiger partial charge on any atom is 0.274 e. The van der Waals surface area contributed by atoms with Crippen molar-refractivity contribution in [1.82, 2.24) is 40.6 Å². The van der Waals surface area contributed by atoms with Gasteiger partial charge in [0, 0.05) is 123 Å². The molecule has 8 amide bonds. The largest absolute Gasteiger partial charge is 0.366 e. The number of amides is 8. The van der Waals surface area contributed by atoms with E-state index in [1.807, 2.05) is 19.9 Å². The van der Waals surface area contributed by atoms with E-state index < -0.39 is 45.3 Å². The Balaban J connectivity index is 0.892. The molecule has 1 aliphatic carbocycles. The Kier molecular flexibility index (Phi) is 15.6. The Hall–Kier alpha value is -7.16. The number of sulfone groups is 1. The molecule has 20 nitrogen and oxygen atoms in total. The zero-order chi connectivity index (χ0) is 55.1. The summed E-state index contributed by atoms with van der Waals surface area (Å²) in [5.74, 6) is -3.61. The van der Waals surface area contributed by atoms with E-state index in [2.05, 4.69) is 38.1 Å². The Morgan fingerprint density at radius 1 is 0.844 bits per heavy atom. The summed E-state index contributed by atoms with van der Waals surface area (Å²) in [5, 5.41) is 11.5. The second kappa shape index (κ2) is 22.1. The van der Waals surface area contributed by atoms with Crippen LogP contribution >= 0.6 is 0 Å². The number of unbranched alkanes of at least 4 members (excludes halogenated alkanes) is 2. The highest BCUT2D eigenvalue weighted by molar-refractivity contribution is 7.89. The van der Waals surface area contributed by atoms with E-state index in [1.165, 1.54) is 14.4 Å². The summed E-state index contributed by atoms with van der Waals surface area (Å²) in [6.07, 6.45) is 10.0. The van der Waals surface area contributed by atoms with Crippen LogP contribution in [0.25, 0.3) is 22.0 Å². The molecule has 1 saturated carbocycles. The zero-order valence-corrected chi connectivity index (χ0v) is 45.3. The third kappa shape index (κ3) is 11.6. The van der Waals surface area contributed by atoms with Gasteiger partial charge in [0.25, 0.3) is 23.3 Å². The highest BCUT2D eigenvalue weighted by Crippen LogP contribution is 2.45. The average molecular weight is 1080 g/mol. The lowest BCUT2D eigenvalue weighted by Gasteiger charge is -2.30. The molecule has 2 atom stereocenters. The van der Waals surface area contributed by atoms with E-state index in [0.29, 0.717) is 58.6 Å². The number of carbonyl (C=O) groups excluding carboxylic acids is 8. The molecule has 5 aliphatic rings. The highest BCUT2D eigenvalue weighted by atomic mass is 32.2. The summed E-state index contributed by atoms with van der Waals surface area (Å²) in [6, 6.07) is 8.08. The summed E-state index contributed by atoms with van der Waals surface area (Å²) in [6.45, 7) is 7.35. The number of aromatic nitrogens is 2. The van der Waals surface area contributed by atoms with Gasteiger partial charge in [0.1, 0.15) is 17.3 Å². The first-order chi connectivity index (χ1) is 36.6. The second-order valence-corrected chi connectivity index (χ2v) is 24.4. The number of H-pyrrole nitrogens is 1. The predicted molar refractivity (Wildman–Crippen MR) is 287 cm³/mol. The van der Waals surface area contributed by atoms with Crippen LogP contribution in [0.15, 0.2) is 41.3 Å². The lowest BCUT2D eigenvalue weighted by molar-refractivity contribution is -0.141. The van der Waals surface area contributed by atoms with Crippen LogP contribution in [-0.2, 0) is 66.1 Å². The van der Waals surface area contributed by atoms with Gasteiger partial charge in [-0.05, 0) is 84.7 Å². The number of hydrogen-bond acceptors (Lipinski definition) is 12. The number of imide groups is 2. The minimum Gasteiger partial charge on any atom is -0.366 e. The fourth-order valence-electron chi connectivity index (χ4n) is 11.6. The van der Waals surface area contributed by atoms with Gasteiger partial charge in [-0.1, -0.05) is 52.2 Å². The third-order valence-electron chi connectivity index (χ3n) is 16.0. The Morgan fingerprint density at radius 3 is 2.32 bits per heavy atom. The first kappa shape index (κ1) is 54.6. The Labute approximate surface area is 447 Å². The SMILES string of the molecule is CCCCCC(C)(C)C1CC(=O)N(CCC(=O)NCCNC(=O)c2[nH]c3c(=O)n(C)cc4c3c2CN(CC2CC2)c2cc(C(=O)NCCCc3cccc5c3CN(C3CCC(=O)NC3=O)C5=O)c(CS(C)(=O)=O)cc2-4)C1=O. The molecule has 21 heteroatoms. The Morgan fingerprint density at radius 2 is 1.60 bits per heavy atom. The van der Waals surface area contributed by atoms with Crippen LogP contribution in [0.2, 0.25) is 0 Å². The van der Waals surface area contributed by atoms with Gasteiger partial charge in [0.15, 0.2) is 9.84 Å². The van der Waals surface area contributed by atoms with Gasteiger partial charge < -0.3 is 35.3 Å². The number of hydrogen-bond donors (Lipinski definition) is 5. The van der Waals surface area contributed by atoms with E-state index in [9.17, 15) is 51.6 Å². The number of fused-ring (bicyclic) bond motifs is 3. The lowest BCUT2D eigenvalue weighted by atomic mass is 9.74. The van der Waals surface area contributed by atoms with Gasteiger partial charge in [0.2, 0.25) is 29.5 Å². The van der Waals surface area contributed by atoms with Gasteiger partial charge >= 0.3 is 0 Å². The molecule has 5 N–H and O–H groups in total.